The molecule has 0 aromatic rings. The molecule has 2 unspecified atom stereocenters. The standard InChI is InChI=1S/C13H25N5O5/c14-6-2-1-3-8(17-11(20)7-15)12(21)18-9(13(22)23)4-5-10(16)19/h8-9H,1-7,14-15H2,(H2,16,19)(H,17,20)(H,18,21)(H,22,23). The predicted molar refractivity (Wildman–Crippen MR) is 81.9 cm³/mol. The highest BCUT2D eigenvalue weighted by molar-refractivity contribution is 5.91. The van der Waals surface area contributed by atoms with Gasteiger partial charge in [-0.3, -0.25) is 14.4 Å². The van der Waals surface area contributed by atoms with Crippen molar-refractivity contribution in [3.8, 4) is 0 Å². The molecule has 0 radical (unpaired) electrons. The molecule has 0 saturated carbocycles. The van der Waals surface area contributed by atoms with Crippen LogP contribution < -0.4 is 27.8 Å². The first-order valence-corrected chi connectivity index (χ1v) is 7.32. The van der Waals surface area contributed by atoms with E-state index >= 15 is 0 Å². The number of carbonyl (C=O) groups is 4. The van der Waals surface area contributed by atoms with Crippen molar-refractivity contribution in [1.29, 1.82) is 0 Å². The van der Waals surface area contributed by atoms with Gasteiger partial charge in [-0.05, 0) is 32.2 Å². The van der Waals surface area contributed by atoms with Crippen LogP contribution in [-0.4, -0.2) is 54.0 Å². The molecule has 132 valence electrons. The number of rotatable bonds is 12. The molecule has 3 amide bonds. The van der Waals surface area contributed by atoms with Gasteiger partial charge in [-0.1, -0.05) is 0 Å². The fourth-order valence-corrected chi connectivity index (χ4v) is 1.83. The number of unbranched alkanes of at least 4 members (excludes halogenated alkanes) is 1. The first-order chi connectivity index (χ1) is 10.8. The van der Waals surface area contributed by atoms with Crippen molar-refractivity contribution in [1.82, 2.24) is 10.6 Å². The lowest BCUT2D eigenvalue weighted by molar-refractivity contribution is -0.142. The van der Waals surface area contributed by atoms with Gasteiger partial charge in [0.2, 0.25) is 17.7 Å². The molecule has 0 heterocycles. The first kappa shape index (κ1) is 20.8. The molecular weight excluding hydrogens is 306 g/mol. The van der Waals surface area contributed by atoms with Crippen LogP contribution in [0.15, 0.2) is 0 Å². The first-order valence-electron chi connectivity index (χ1n) is 7.32. The third-order valence-corrected chi connectivity index (χ3v) is 3.08. The quantitative estimate of drug-likeness (QED) is 0.211. The minimum absolute atomic E-state index is 0.128. The summed E-state index contributed by atoms with van der Waals surface area (Å²) in [5.41, 5.74) is 15.5. The number of carboxylic acid groups (broad SMARTS) is 1. The molecule has 0 rings (SSSR count). The minimum Gasteiger partial charge on any atom is -0.480 e. The van der Waals surface area contributed by atoms with Crippen molar-refractivity contribution in [3.63, 3.8) is 0 Å². The van der Waals surface area contributed by atoms with Crippen LogP contribution in [0, 0.1) is 0 Å². The number of primary amides is 1. The van der Waals surface area contributed by atoms with Crippen molar-refractivity contribution < 1.29 is 24.3 Å². The normalized spacial score (nSPS) is 13.0. The number of carbonyl (C=O) groups excluding carboxylic acids is 3. The summed E-state index contributed by atoms with van der Waals surface area (Å²) in [7, 11) is 0. The molecule has 0 spiro atoms. The van der Waals surface area contributed by atoms with Crippen molar-refractivity contribution >= 4 is 23.7 Å². The lowest BCUT2D eigenvalue weighted by Crippen LogP contribution is -2.52. The molecule has 2 atom stereocenters. The van der Waals surface area contributed by atoms with E-state index < -0.39 is 35.8 Å². The summed E-state index contributed by atoms with van der Waals surface area (Å²) in [5, 5.41) is 13.8. The van der Waals surface area contributed by atoms with E-state index in [1.54, 1.807) is 0 Å². The molecule has 0 bridgehead atoms. The summed E-state index contributed by atoms with van der Waals surface area (Å²) in [6, 6.07) is -2.17. The van der Waals surface area contributed by atoms with Crippen LogP contribution in [0.1, 0.15) is 32.1 Å². The zero-order valence-corrected chi connectivity index (χ0v) is 12.9. The van der Waals surface area contributed by atoms with Gasteiger partial charge in [0.05, 0.1) is 6.54 Å². The Morgan fingerprint density at radius 2 is 1.61 bits per heavy atom. The van der Waals surface area contributed by atoms with Crippen LogP contribution in [-0.2, 0) is 19.2 Å². The summed E-state index contributed by atoms with van der Waals surface area (Å²) < 4.78 is 0. The minimum atomic E-state index is -1.29. The summed E-state index contributed by atoms with van der Waals surface area (Å²) in [5.74, 6) is -3.13. The van der Waals surface area contributed by atoms with Gasteiger partial charge in [0, 0.05) is 6.42 Å². The van der Waals surface area contributed by atoms with E-state index in [0.29, 0.717) is 25.8 Å². The summed E-state index contributed by atoms with van der Waals surface area (Å²) >= 11 is 0. The number of nitrogens with two attached hydrogens (primary N) is 3. The van der Waals surface area contributed by atoms with Crippen LogP contribution in [0.25, 0.3) is 0 Å². The van der Waals surface area contributed by atoms with Gasteiger partial charge in [0.1, 0.15) is 12.1 Å². The van der Waals surface area contributed by atoms with Gasteiger partial charge in [-0.15, -0.1) is 0 Å². The van der Waals surface area contributed by atoms with E-state index in [0.717, 1.165) is 0 Å². The maximum Gasteiger partial charge on any atom is 0.326 e. The number of hydrogen-bond acceptors (Lipinski definition) is 6. The zero-order valence-electron chi connectivity index (χ0n) is 12.9. The topological polar surface area (TPSA) is 191 Å². The second-order valence-corrected chi connectivity index (χ2v) is 5.01. The third kappa shape index (κ3) is 9.42. The van der Waals surface area contributed by atoms with Gasteiger partial charge in [-0.2, -0.15) is 0 Å². The van der Waals surface area contributed by atoms with E-state index in [2.05, 4.69) is 10.6 Å². The molecule has 10 nitrogen and oxygen atoms in total. The maximum atomic E-state index is 12.2. The van der Waals surface area contributed by atoms with Crippen LogP contribution in [0.2, 0.25) is 0 Å². The highest BCUT2D eigenvalue weighted by Gasteiger charge is 2.26. The Bertz CT molecular complexity index is 429. The molecule has 0 fully saturated rings. The fraction of sp³-hybridized carbons (Fsp3) is 0.692. The number of aliphatic carboxylic acids is 1. The highest BCUT2D eigenvalue weighted by Crippen LogP contribution is 2.04. The Hall–Kier alpha value is -2.20. The molecule has 0 aliphatic heterocycles. The Labute approximate surface area is 134 Å². The molecule has 23 heavy (non-hydrogen) atoms. The van der Waals surface area contributed by atoms with Gasteiger partial charge in [-0.25, -0.2) is 4.79 Å². The Morgan fingerprint density at radius 1 is 0.957 bits per heavy atom. The Morgan fingerprint density at radius 3 is 2.09 bits per heavy atom. The van der Waals surface area contributed by atoms with Crippen LogP contribution in [0.5, 0.6) is 0 Å². The zero-order chi connectivity index (χ0) is 17.8. The number of hydrogen-bond donors (Lipinski definition) is 6. The van der Waals surface area contributed by atoms with E-state index in [1.807, 2.05) is 0 Å². The average Bonchev–Trinajstić information content (AvgIpc) is 2.49. The van der Waals surface area contributed by atoms with Crippen molar-refractivity contribution in [2.45, 2.75) is 44.2 Å². The molecule has 0 aromatic heterocycles. The number of nitrogens with one attached hydrogen (secondary N) is 2. The summed E-state index contributed by atoms with van der Waals surface area (Å²) in [6.45, 7) is 0.153. The maximum absolute atomic E-state index is 12.2. The van der Waals surface area contributed by atoms with E-state index in [1.165, 1.54) is 0 Å². The highest BCUT2D eigenvalue weighted by atomic mass is 16.4. The number of carboxylic acids is 1. The van der Waals surface area contributed by atoms with Crippen molar-refractivity contribution in [2.24, 2.45) is 17.2 Å². The number of amides is 3. The predicted octanol–water partition coefficient (Wildman–Crippen LogP) is -2.61. The van der Waals surface area contributed by atoms with Gasteiger partial charge >= 0.3 is 5.97 Å². The summed E-state index contributed by atoms with van der Waals surface area (Å²) in [4.78, 5) is 45.4. The monoisotopic (exact) mass is 331 g/mol. The van der Waals surface area contributed by atoms with E-state index in [4.69, 9.17) is 22.3 Å². The lowest BCUT2D eigenvalue weighted by Gasteiger charge is -2.21. The SMILES string of the molecule is NCCCCC(NC(=O)CN)C(=O)NC(CCC(N)=O)C(=O)O. The molecule has 9 N–H and O–H groups in total. The fourth-order valence-electron chi connectivity index (χ4n) is 1.83. The average molecular weight is 331 g/mol. The van der Waals surface area contributed by atoms with E-state index in [-0.39, 0.29) is 19.4 Å². The largest absolute Gasteiger partial charge is 0.480 e. The van der Waals surface area contributed by atoms with Crippen LogP contribution in [0.4, 0.5) is 0 Å². The molecular formula is C13H25N5O5. The van der Waals surface area contributed by atoms with Crippen LogP contribution in [0.3, 0.4) is 0 Å². The smallest absolute Gasteiger partial charge is 0.326 e. The second-order valence-electron chi connectivity index (χ2n) is 5.01. The van der Waals surface area contributed by atoms with Gasteiger partial charge < -0.3 is 32.9 Å². The molecule has 0 aromatic carbocycles. The second kappa shape index (κ2) is 11.4. The van der Waals surface area contributed by atoms with Crippen molar-refractivity contribution in [2.75, 3.05) is 13.1 Å². The third-order valence-electron chi connectivity index (χ3n) is 3.08. The Balaban J connectivity index is 4.76. The lowest BCUT2D eigenvalue weighted by atomic mass is 10.1. The van der Waals surface area contributed by atoms with Crippen LogP contribution >= 0.6 is 0 Å². The Kier molecular flexibility index (Phi) is 10.3. The summed E-state index contributed by atoms with van der Waals surface area (Å²) in [6.07, 6.45) is 1.24. The molecule has 10 heteroatoms. The van der Waals surface area contributed by atoms with Gasteiger partial charge in [0.25, 0.3) is 0 Å². The molecule has 0 aliphatic carbocycles. The molecule has 0 aliphatic rings. The molecule has 0 saturated heterocycles. The van der Waals surface area contributed by atoms with E-state index in [9.17, 15) is 19.2 Å². The van der Waals surface area contributed by atoms with Gasteiger partial charge in [0.15, 0.2) is 0 Å². The van der Waals surface area contributed by atoms with Crippen molar-refractivity contribution in [3.05, 3.63) is 0 Å².